The fourth-order valence-corrected chi connectivity index (χ4v) is 4.40. The third-order valence-electron chi connectivity index (χ3n) is 6.65. The van der Waals surface area contributed by atoms with E-state index >= 15 is 0 Å². The van der Waals surface area contributed by atoms with E-state index in [4.69, 9.17) is 0 Å². The summed E-state index contributed by atoms with van der Waals surface area (Å²) in [7, 11) is 0. The molecule has 2 aromatic rings. The number of aromatic nitrogens is 1. The molecule has 2 N–H and O–H groups in total. The van der Waals surface area contributed by atoms with Gasteiger partial charge in [-0.1, -0.05) is 12.1 Å². The predicted molar refractivity (Wildman–Crippen MR) is 121 cm³/mol. The molecule has 0 bridgehead atoms. The van der Waals surface area contributed by atoms with Crippen LogP contribution in [0.15, 0.2) is 48.8 Å². The summed E-state index contributed by atoms with van der Waals surface area (Å²) in [6.07, 6.45) is 6.37. The van der Waals surface area contributed by atoms with Gasteiger partial charge in [-0.2, -0.15) is 0 Å². The van der Waals surface area contributed by atoms with Gasteiger partial charge in [-0.25, -0.2) is 0 Å². The van der Waals surface area contributed by atoms with Crippen LogP contribution in [0, 0.1) is 0 Å². The number of nitrogens with one attached hydrogen (secondary N) is 2. The molecule has 2 unspecified atom stereocenters. The van der Waals surface area contributed by atoms with Crippen LogP contribution in [-0.4, -0.2) is 45.2 Å². The van der Waals surface area contributed by atoms with Gasteiger partial charge in [-0.3, -0.25) is 19.4 Å². The van der Waals surface area contributed by atoms with Crippen molar-refractivity contribution in [3.63, 3.8) is 0 Å². The lowest BCUT2D eigenvalue weighted by molar-refractivity contribution is -0.124. The summed E-state index contributed by atoms with van der Waals surface area (Å²) in [5, 5.41) is 5.87. The summed E-state index contributed by atoms with van der Waals surface area (Å²) in [5.41, 5.74) is 1.14. The molecule has 1 aromatic carbocycles. The van der Waals surface area contributed by atoms with Gasteiger partial charge in [0.05, 0.1) is 11.6 Å². The van der Waals surface area contributed by atoms with E-state index in [-0.39, 0.29) is 35.8 Å². The molecule has 0 spiro atoms. The van der Waals surface area contributed by atoms with Gasteiger partial charge in [-0.05, 0) is 76.3 Å². The Bertz CT molecular complexity index is 992. The smallest absolute Gasteiger partial charge is 0.254 e. The lowest BCUT2D eigenvalue weighted by Crippen LogP contribution is -2.49. The number of carbonyl (C=O) groups excluding carboxylic acids is 3. The van der Waals surface area contributed by atoms with Gasteiger partial charge in [-0.15, -0.1) is 0 Å². The maximum Gasteiger partial charge on any atom is 0.254 e. The highest BCUT2D eigenvalue weighted by Gasteiger charge is 2.51. The zero-order chi connectivity index (χ0) is 22.9. The first kappa shape index (κ1) is 22.0. The van der Waals surface area contributed by atoms with Crippen LogP contribution >= 0.6 is 0 Å². The van der Waals surface area contributed by atoms with E-state index in [1.54, 1.807) is 18.3 Å². The third-order valence-corrected chi connectivity index (χ3v) is 6.65. The minimum absolute atomic E-state index is 0.0563. The number of pyridine rings is 1. The van der Waals surface area contributed by atoms with Crippen molar-refractivity contribution in [3.05, 3.63) is 65.5 Å². The van der Waals surface area contributed by atoms with Gasteiger partial charge < -0.3 is 15.5 Å². The number of rotatable bonds is 6. The second-order valence-corrected chi connectivity index (χ2v) is 9.08. The molecule has 7 nitrogen and oxygen atoms in total. The highest BCUT2D eigenvalue weighted by molar-refractivity contribution is 6.00. The Labute approximate surface area is 188 Å². The van der Waals surface area contributed by atoms with E-state index in [0.29, 0.717) is 24.0 Å². The number of benzene rings is 1. The quantitative estimate of drug-likeness (QED) is 0.730. The zero-order valence-corrected chi connectivity index (χ0v) is 18.8. The molecule has 3 amide bonds. The summed E-state index contributed by atoms with van der Waals surface area (Å²) >= 11 is 0. The van der Waals surface area contributed by atoms with E-state index in [1.165, 1.54) is 6.20 Å². The van der Waals surface area contributed by atoms with Crippen LogP contribution in [0.25, 0.3) is 0 Å². The number of nitrogens with zero attached hydrogens (tertiary/aromatic N) is 2. The van der Waals surface area contributed by atoms with E-state index < -0.39 is 5.54 Å². The van der Waals surface area contributed by atoms with Crippen LogP contribution in [0.4, 0.5) is 0 Å². The molecule has 168 valence electrons. The molecule has 1 saturated carbocycles. The Morgan fingerprint density at radius 1 is 1.03 bits per heavy atom. The molecule has 32 heavy (non-hydrogen) atoms. The number of amides is 3. The SMILES string of the molecule is CC1CCC(C)N1C(=O)c1ccc([C@@H](C)NC(=O)C2(NC(=O)c3cccnc3)CC2)cc1. The van der Waals surface area contributed by atoms with Gasteiger partial charge in [0.2, 0.25) is 5.91 Å². The lowest BCUT2D eigenvalue weighted by Gasteiger charge is -2.26. The van der Waals surface area contributed by atoms with Crippen molar-refractivity contribution in [2.75, 3.05) is 0 Å². The van der Waals surface area contributed by atoms with Crippen LogP contribution in [0.1, 0.15) is 78.8 Å². The van der Waals surface area contributed by atoms with Gasteiger partial charge in [0.25, 0.3) is 11.8 Å². The van der Waals surface area contributed by atoms with Crippen LogP contribution in [-0.2, 0) is 4.79 Å². The molecule has 4 rings (SSSR count). The maximum atomic E-state index is 12.9. The fourth-order valence-electron chi connectivity index (χ4n) is 4.40. The normalized spacial score (nSPS) is 22.2. The second kappa shape index (κ2) is 8.73. The standard InChI is InChI=1S/C25H30N4O3/c1-16-6-7-17(2)29(16)23(31)20-10-8-19(9-11-20)18(3)27-24(32)25(12-13-25)28-22(30)21-5-4-14-26-15-21/h4-5,8-11,14-18H,6-7,12-13H2,1-3H3,(H,27,32)(H,28,30)/t16?,17?,18-/m1/s1. The van der Waals surface area contributed by atoms with Crippen molar-refractivity contribution >= 4 is 17.7 Å². The Balaban J connectivity index is 1.37. The average molecular weight is 435 g/mol. The molecular weight excluding hydrogens is 404 g/mol. The van der Waals surface area contributed by atoms with Crippen molar-refractivity contribution in [2.24, 2.45) is 0 Å². The van der Waals surface area contributed by atoms with Crippen molar-refractivity contribution in [3.8, 4) is 0 Å². The number of likely N-dealkylation sites (tertiary alicyclic amines) is 1. The highest BCUT2D eigenvalue weighted by Crippen LogP contribution is 2.36. The van der Waals surface area contributed by atoms with Crippen molar-refractivity contribution in [2.45, 2.75) is 70.1 Å². The molecular formula is C25H30N4O3. The molecule has 7 heteroatoms. The summed E-state index contributed by atoms with van der Waals surface area (Å²) in [6.45, 7) is 6.08. The first-order chi connectivity index (χ1) is 15.3. The van der Waals surface area contributed by atoms with E-state index in [2.05, 4.69) is 29.5 Å². The molecule has 2 heterocycles. The number of carbonyl (C=O) groups is 3. The summed E-state index contributed by atoms with van der Waals surface area (Å²) in [5.74, 6) is -0.436. The third kappa shape index (κ3) is 4.38. The Morgan fingerprint density at radius 3 is 2.25 bits per heavy atom. The zero-order valence-electron chi connectivity index (χ0n) is 18.8. The first-order valence-electron chi connectivity index (χ1n) is 11.3. The number of hydrogen-bond acceptors (Lipinski definition) is 4. The Morgan fingerprint density at radius 2 is 1.69 bits per heavy atom. The molecule has 1 aliphatic heterocycles. The van der Waals surface area contributed by atoms with Gasteiger partial charge in [0.15, 0.2) is 0 Å². The molecule has 1 aromatic heterocycles. The first-order valence-corrected chi connectivity index (χ1v) is 11.3. The van der Waals surface area contributed by atoms with E-state index in [0.717, 1.165) is 18.4 Å². The molecule has 3 atom stereocenters. The fraction of sp³-hybridized carbons (Fsp3) is 0.440. The Kier molecular flexibility index (Phi) is 6.00. The average Bonchev–Trinajstić information content (AvgIpc) is 3.51. The molecule has 1 aliphatic carbocycles. The largest absolute Gasteiger partial charge is 0.348 e. The molecule has 2 aliphatic rings. The monoisotopic (exact) mass is 434 g/mol. The minimum atomic E-state index is -0.862. The van der Waals surface area contributed by atoms with Crippen molar-refractivity contribution in [1.29, 1.82) is 0 Å². The maximum absolute atomic E-state index is 12.9. The Hall–Kier alpha value is -3.22. The van der Waals surface area contributed by atoms with E-state index in [1.807, 2.05) is 36.1 Å². The van der Waals surface area contributed by atoms with Crippen molar-refractivity contribution < 1.29 is 14.4 Å². The summed E-state index contributed by atoms with van der Waals surface area (Å²) < 4.78 is 0. The minimum Gasteiger partial charge on any atom is -0.348 e. The summed E-state index contributed by atoms with van der Waals surface area (Å²) in [6, 6.07) is 11.1. The topological polar surface area (TPSA) is 91.4 Å². The lowest BCUT2D eigenvalue weighted by atomic mass is 10.0. The van der Waals surface area contributed by atoms with Crippen LogP contribution in [0.5, 0.6) is 0 Å². The van der Waals surface area contributed by atoms with Crippen molar-refractivity contribution in [1.82, 2.24) is 20.5 Å². The molecule has 1 saturated heterocycles. The highest BCUT2D eigenvalue weighted by atomic mass is 16.2. The predicted octanol–water partition coefficient (Wildman–Crippen LogP) is 3.23. The van der Waals surface area contributed by atoms with Gasteiger partial charge in [0, 0.05) is 30.0 Å². The van der Waals surface area contributed by atoms with E-state index in [9.17, 15) is 14.4 Å². The van der Waals surface area contributed by atoms with Gasteiger partial charge >= 0.3 is 0 Å². The second-order valence-electron chi connectivity index (χ2n) is 9.08. The van der Waals surface area contributed by atoms with Crippen LogP contribution in [0.2, 0.25) is 0 Å². The number of hydrogen-bond donors (Lipinski definition) is 2. The van der Waals surface area contributed by atoms with Crippen LogP contribution < -0.4 is 10.6 Å². The molecule has 0 radical (unpaired) electrons. The summed E-state index contributed by atoms with van der Waals surface area (Å²) in [4.78, 5) is 44.2. The van der Waals surface area contributed by atoms with Crippen LogP contribution in [0.3, 0.4) is 0 Å². The van der Waals surface area contributed by atoms with Gasteiger partial charge in [0.1, 0.15) is 5.54 Å². The molecule has 2 fully saturated rings.